The molecule has 94 valence electrons. The third-order valence-corrected chi connectivity index (χ3v) is 2.83. The molecule has 0 atom stereocenters. The molecule has 0 spiro atoms. The molecule has 2 nitrogen and oxygen atoms in total. The van der Waals surface area contributed by atoms with E-state index < -0.39 is 11.6 Å². The molecule has 2 rings (SSSR count). The molecule has 4 heteroatoms. The van der Waals surface area contributed by atoms with Crippen molar-refractivity contribution in [2.45, 2.75) is 6.54 Å². The predicted octanol–water partition coefficient (Wildman–Crippen LogP) is 3.19. The molecule has 2 N–H and O–H groups in total. The van der Waals surface area contributed by atoms with E-state index in [4.69, 9.17) is 5.73 Å². The second kappa shape index (κ2) is 5.14. The van der Waals surface area contributed by atoms with Crippen molar-refractivity contribution in [1.82, 2.24) is 0 Å². The molecule has 0 aliphatic rings. The van der Waals surface area contributed by atoms with Crippen LogP contribution in [0.15, 0.2) is 42.5 Å². The zero-order chi connectivity index (χ0) is 13.1. The molecular formula is C14H14F2N2. The maximum Gasteiger partial charge on any atom is 0.149 e. The first-order valence-corrected chi connectivity index (χ1v) is 5.59. The lowest BCUT2D eigenvalue weighted by atomic mass is 10.2. The number of benzene rings is 2. The molecule has 0 aromatic heterocycles. The van der Waals surface area contributed by atoms with Crippen molar-refractivity contribution < 1.29 is 8.78 Å². The van der Waals surface area contributed by atoms with Crippen molar-refractivity contribution >= 4 is 11.4 Å². The second-order valence-corrected chi connectivity index (χ2v) is 4.03. The van der Waals surface area contributed by atoms with Crippen LogP contribution in [0.25, 0.3) is 0 Å². The minimum Gasteiger partial charge on any atom is -0.342 e. The van der Waals surface area contributed by atoms with Gasteiger partial charge in [-0.3, -0.25) is 0 Å². The van der Waals surface area contributed by atoms with Crippen molar-refractivity contribution in [2.24, 2.45) is 5.73 Å². The van der Waals surface area contributed by atoms with Gasteiger partial charge in [0, 0.05) is 25.3 Å². The number of anilines is 2. The SMILES string of the molecule is CN(c1ccc(CN)cc1)c1ccc(F)cc1F. The lowest BCUT2D eigenvalue weighted by Crippen LogP contribution is -2.11. The van der Waals surface area contributed by atoms with Crippen LogP contribution in [0.1, 0.15) is 5.56 Å². The number of halogens is 2. The van der Waals surface area contributed by atoms with Crippen molar-refractivity contribution in [2.75, 3.05) is 11.9 Å². The number of nitrogens with two attached hydrogens (primary N) is 1. The molecule has 0 fully saturated rings. The standard InChI is InChI=1S/C14H14F2N2/c1-18(12-5-2-10(9-17)3-6-12)14-7-4-11(15)8-13(14)16/h2-8H,9,17H2,1H3. The van der Waals surface area contributed by atoms with E-state index in [1.54, 1.807) is 11.9 Å². The van der Waals surface area contributed by atoms with Gasteiger partial charge >= 0.3 is 0 Å². The van der Waals surface area contributed by atoms with Crippen LogP contribution in [-0.2, 0) is 6.54 Å². The van der Waals surface area contributed by atoms with E-state index in [2.05, 4.69) is 0 Å². The fourth-order valence-electron chi connectivity index (χ4n) is 1.75. The zero-order valence-corrected chi connectivity index (χ0v) is 10.0. The Morgan fingerprint density at radius 2 is 1.72 bits per heavy atom. The fraction of sp³-hybridized carbons (Fsp3) is 0.143. The normalized spacial score (nSPS) is 10.4. The summed E-state index contributed by atoms with van der Waals surface area (Å²) in [5, 5.41) is 0. The van der Waals surface area contributed by atoms with E-state index in [-0.39, 0.29) is 0 Å². The molecule has 0 amide bonds. The van der Waals surface area contributed by atoms with Crippen LogP contribution in [0.3, 0.4) is 0 Å². The molecule has 0 unspecified atom stereocenters. The molecule has 0 bridgehead atoms. The summed E-state index contributed by atoms with van der Waals surface area (Å²) in [5.41, 5.74) is 7.67. The number of hydrogen-bond donors (Lipinski definition) is 1. The summed E-state index contributed by atoms with van der Waals surface area (Å²) in [7, 11) is 1.73. The van der Waals surface area contributed by atoms with Gasteiger partial charge < -0.3 is 10.6 Å². The Morgan fingerprint density at radius 1 is 1.06 bits per heavy atom. The van der Waals surface area contributed by atoms with Crippen LogP contribution >= 0.6 is 0 Å². The molecule has 0 aliphatic heterocycles. The second-order valence-electron chi connectivity index (χ2n) is 4.03. The minimum atomic E-state index is -0.583. The maximum atomic E-state index is 13.6. The quantitative estimate of drug-likeness (QED) is 0.903. The summed E-state index contributed by atoms with van der Waals surface area (Å²) in [6.45, 7) is 0.467. The van der Waals surface area contributed by atoms with Gasteiger partial charge in [-0.15, -0.1) is 0 Å². The highest BCUT2D eigenvalue weighted by molar-refractivity contribution is 5.63. The summed E-state index contributed by atoms with van der Waals surface area (Å²) in [5.74, 6) is -1.16. The molecule has 0 saturated carbocycles. The van der Waals surface area contributed by atoms with Gasteiger partial charge in [-0.2, -0.15) is 0 Å². The van der Waals surface area contributed by atoms with E-state index in [0.717, 1.165) is 17.3 Å². The van der Waals surface area contributed by atoms with Gasteiger partial charge in [0.25, 0.3) is 0 Å². The smallest absolute Gasteiger partial charge is 0.149 e. The Hall–Kier alpha value is -1.94. The van der Waals surface area contributed by atoms with Crippen molar-refractivity contribution in [3.05, 3.63) is 59.7 Å². The van der Waals surface area contributed by atoms with E-state index in [0.29, 0.717) is 12.2 Å². The molecule has 0 heterocycles. The average molecular weight is 248 g/mol. The average Bonchev–Trinajstić information content (AvgIpc) is 2.38. The highest BCUT2D eigenvalue weighted by Gasteiger charge is 2.10. The number of nitrogens with zero attached hydrogens (tertiary/aromatic N) is 1. The monoisotopic (exact) mass is 248 g/mol. The van der Waals surface area contributed by atoms with Crippen LogP contribution in [-0.4, -0.2) is 7.05 Å². The molecule has 18 heavy (non-hydrogen) atoms. The first kappa shape index (κ1) is 12.5. The first-order chi connectivity index (χ1) is 8.61. The third kappa shape index (κ3) is 2.49. The van der Waals surface area contributed by atoms with E-state index in [1.807, 2.05) is 24.3 Å². The molecule has 2 aromatic rings. The Balaban J connectivity index is 2.31. The summed E-state index contributed by atoms with van der Waals surface area (Å²) in [4.78, 5) is 1.66. The van der Waals surface area contributed by atoms with Gasteiger partial charge in [0.05, 0.1) is 5.69 Å². The highest BCUT2D eigenvalue weighted by atomic mass is 19.1. The van der Waals surface area contributed by atoms with E-state index in [9.17, 15) is 8.78 Å². The molecule has 2 aromatic carbocycles. The van der Waals surface area contributed by atoms with Gasteiger partial charge in [-0.25, -0.2) is 8.78 Å². The predicted molar refractivity (Wildman–Crippen MR) is 68.8 cm³/mol. The highest BCUT2D eigenvalue weighted by Crippen LogP contribution is 2.26. The van der Waals surface area contributed by atoms with Gasteiger partial charge in [-0.05, 0) is 29.8 Å². The summed E-state index contributed by atoms with van der Waals surface area (Å²) in [6.07, 6.45) is 0. The van der Waals surface area contributed by atoms with Crippen molar-refractivity contribution in [3.8, 4) is 0 Å². The van der Waals surface area contributed by atoms with E-state index >= 15 is 0 Å². The Morgan fingerprint density at radius 3 is 2.28 bits per heavy atom. The van der Waals surface area contributed by atoms with E-state index in [1.165, 1.54) is 12.1 Å². The summed E-state index contributed by atoms with van der Waals surface area (Å²) >= 11 is 0. The van der Waals surface area contributed by atoms with Crippen LogP contribution in [0, 0.1) is 11.6 Å². The van der Waals surface area contributed by atoms with Gasteiger partial charge in [0.2, 0.25) is 0 Å². The Labute approximate surface area is 105 Å². The lowest BCUT2D eigenvalue weighted by molar-refractivity contribution is 0.583. The fourth-order valence-corrected chi connectivity index (χ4v) is 1.75. The van der Waals surface area contributed by atoms with Crippen LogP contribution in [0.2, 0.25) is 0 Å². The Kier molecular flexibility index (Phi) is 3.58. The molecule has 0 saturated heterocycles. The van der Waals surface area contributed by atoms with Crippen molar-refractivity contribution in [1.29, 1.82) is 0 Å². The molecular weight excluding hydrogens is 234 g/mol. The van der Waals surface area contributed by atoms with Crippen LogP contribution < -0.4 is 10.6 Å². The van der Waals surface area contributed by atoms with Crippen molar-refractivity contribution in [3.63, 3.8) is 0 Å². The number of rotatable bonds is 3. The summed E-state index contributed by atoms with van der Waals surface area (Å²) < 4.78 is 26.5. The maximum absolute atomic E-state index is 13.6. The van der Waals surface area contributed by atoms with Gasteiger partial charge in [-0.1, -0.05) is 12.1 Å². The largest absolute Gasteiger partial charge is 0.342 e. The summed E-state index contributed by atoms with van der Waals surface area (Å²) in [6, 6.07) is 11.0. The van der Waals surface area contributed by atoms with Gasteiger partial charge in [0.15, 0.2) is 0 Å². The van der Waals surface area contributed by atoms with Crippen LogP contribution in [0.4, 0.5) is 20.2 Å². The molecule has 0 radical (unpaired) electrons. The third-order valence-electron chi connectivity index (χ3n) is 2.83. The van der Waals surface area contributed by atoms with Gasteiger partial charge in [0.1, 0.15) is 11.6 Å². The lowest BCUT2D eigenvalue weighted by Gasteiger charge is -2.20. The number of hydrogen-bond acceptors (Lipinski definition) is 2. The topological polar surface area (TPSA) is 29.3 Å². The zero-order valence-electron chi connectivity index (χ0n) is 10.0. The first-order valence-electron chi connectivity index (χ1n) is 5.59. The Bertz CT molecular complexity index is 538. The van der Waals surface area contributed by atoms with Crippen LogP contribution in [0.5, 0.6) is 0 Å². The minimum absolute atomic E-state index is 0.330. The molecule has 0 aliphatic carbocycles.